The lowest BCUT2D eigenvalue weighted by Gasteiger charge is -2.19. The molecule has 15 heavy (non-hydrogen) atoms. The van der Waals surface area contributed by atoms with Gasteiger partial charge in [-0.2, -0.15) is 11.8 Å². The molecule has 0 aliphatic heterocycles. The van der Waals surface area contributed by atoms with Crippen LogP contribution in [0.25, 0.3) is 0 Å². The number of thioether (sulfide) groups is 1. The van der Waals surface area contributed by atoms with Gasteiger partial charge in [0.25, 0.3) is 0 Å². The molecule has 1 amide bonds. The van der Waals surface area contributed by atoms with Crippen molar-refractivity contribution in [3.63, 3.8) is 0 Å². The first kappa shape index (κ1) is 12.8. The summed E-state index contributed by atoms with van der Waals surface area (Å²) in [6.07, 6.45) is 2.38. The predicted octanol–water partition coefficient (Wildman–Crippen LogP) is 1.37. The first-order chi connectivity index (χ1) is 7.00. The largest absolute Gasteiger partial charge is 0.368 e. The third-order valence-corrected chi connectivity index (χ3v) is 4.42. The molecule has 0 spiro atoms. The van der Waals surface area contributed by atoms with E-state index < -0.39 is 0 Å². The van der Waals surface area contributed by atoms with Crippen molar-refractivity contribution in [3.8, 4) is 0 Å². The zero-order valence-electron chi connectivity index (χ0n) is 9.82. The van der Waals surface area contributed by atoms with Crippen LogP contribution in [0, 0.1) is 5.92 Å². The van der Waals surface area contributed by atoms with Crippen molar-refractivity contribution in [2.75, 3.05) is 5.75 Å². The molecule has 2 atom stereocenters. The van der Waals surface area contributed by atoms with Crippen LogP contribution < -0.4 is 11.1 Å². The maximum absolute atomic E-state index is 11.2. The molecule has 0 heterocycles. The molecule has 0 radical (unpaired) electrons. The van der Waals surface area contributed by atoms with Gasteiger partial charge in [0.15, 0.2) is 0 Å². The zero-order valence-corrected chi connectivity index (χ0v) is 10.6. The molecule has 3 N–H and O–H groups in total. The Bertz CT molecular complexity index is 217. The van der Waals surface area contributed by atoms with Gasteiger partial charge < -0.3 is 11.1 Å². The first-order valence-corrected chi connectivity index (χ1v) is 6.72. The van der Waals surface area contributed by atoms with Crippen LogP contribution >= 0.6 is 11.8 Å². The minimum Gasteiger partial charge on any atom is -0.368 e. The molecule has 0 aromatic rings. The summed E-state index contributed by atoms with van der Waals surface area (Å²) in [5, 5.41) is 3.87. The molecule has 0 aromatic carbocycles. The van der Waals surface area contributed by atoms with Crippen LogP contribution in [0.4, 0.5) is 0 Å². The number of nitrogens with one attached hydrogen (secondary N) is 1. The van der Waals surface area contributed by atoms with Crippen LogP contribution in [0.15, 0.2) is 0 Å². The SMILES string of the molecule is CC(C)C(C)SCC(NC1CC1)C(N)=O. The molecular formula is C11H22N2OS. The Balaban J connectivity index is 2.27. The van der Waals surface area contributed by atoms with E-state index in [1.807, 2.05) is 11.8 Å². The highest BCUT2D eigenvalue weighted by Crippen LogP contribution is 2.23. The summed E-state index contributed by atoms with van der Waals surface area (Å²) in [6.45, 7) is 6.60. The average Bonchev–Trinajstić information content (AvgIpc) is 2.94. The quantitative estimate of drug-likeness (QED) is 0.694. The fraction of sp³-hybridized carbons (Fsp3) is 0.909. The van der Waals surface area contributed by atoms with Crippen molar-refractivity contribution in [3.05, 3.63) is 0 Å². The van der Waals surface area contributed by atoms with Crippen molar-refractivity contribution in [2.45, 2.75) is 50.9 Å². The fourth-order valence-corrected chi connectivity index (χ4v) is 2.33. The van der Waals surface area contributed by atoms with E-state index in [0.717, 1.165) is 5.75 Å². The summed E-state index contributed by atoms with van der Waals surface area (Å²) in [6, 6.07) is 0.390. The summed E-state index contributed by atoms with van der Waals surface area (Å²) in [7, 11) is 0. The number of nitrogens with two attached hydrogens (primary N) is 1. The zero-order chi connectivity index (χ0) is 11.4. The number of carbonyl (C=O) groups is 1. The second-order valence-electron chi connectivity index (χ2n) is 4.68. The van der Waals surface area contributed by atoms with E-state index in [-0.39, 0.29) is 11.9 Å². The lowest BCUT2D eigenvalue weighted by molar-refractivity contribution is -0.119. The van der Waals surface area contributed by atoms with Crippen molar-refractivity contribution in [1.29, 1.82) is 0 Å². The van der Waals surface area contributed by atoms with Gasteiger partial charge in [0.1, 0.15) is 0 Å². The van der Waals surface area contributed by atoms with E-state index >= 15 is 0 Å². The molecule has 1 saturated carbocycles. The standard InChI is InChI=1S/C11H22N2OS/c1-7(2)8(3)15-6-10(11(12)14)13-9-4-5-9/h7-10,13H,4-6H2,1-3H3,(H2,12,14). The molecular weight excluding hydrogens is 208 g/mol. The Labute approximate surface area is 96.6 Å². The summed E-state index contributed by atoms with van der Waals surface area (Å²) in [5.74, 6) is 1.22. The van der Waals surface area contributed by atoms with Crippen LogP contribution in [0.5, 0.6) is 0 Å². The maximum atomic E-state index is 11.2. The summed E-state index contributed by atoms with van der Waals surface area (Å²) < 4.78 is 0. The smallest absolute Gasteiger partial charge is 0.235 e. The Morgan fingerprint density at radius 2 is 2.07 bits per heavy atom. The molecule has 1 rings (SSSR count). The molecule has 3 nitrogen and oxygen atoms in total. The van der Waals surface area contributed by atoms with Crippen LogP contribution in [0.3, 0.4) is 0 Å². The molecule has 1 aliphatic rings. The van der Waals surface area contributed by atoms with Gasteiger partial charge in [0.05, 0.1) is 6.04 Å². The number of hydrogen-bond donors (Lipinski definition) is 2. The van der Waals surface area contributed by atoms with Gasteiger partial charge in [-0.3, -0.25) is 4.79 Å². The normalized spacial score (nSPS) is 20.3. The van der Waals surface area contributed by atoms with Gasteiger partial charge >= 0.3 is 0 Å². The Morgan fingerprint density at radius 1 is 1.47 bits per heavy atom. The maximum Gasteiger partial charge on any atom is 0.235 e. The number of hydrogen-bond acceptors (Lipinski definition) is 3. The highest BCUT2D eigenvalue weighted by Gasteiger charge is 2.27. The van der Waals surface area contributed by atoms with Gasteiger partial charge in [-0.05, 0) is 18.8 Å². The molecule has 1 aliphatic carbocycles. The molecule has 4 heteroatoms. The van der Waals surface area contributed by atoms with Crippen LogP contribution in [0.2, 0.25) is 0 Å². The van der Waals surface area contributed by atoms with Gasteiger partial charge in [-0.15, -0.1) is 0 Å². The third kappa shape index (κ3) is 4.89. The van der Waals surface area contributed by atoms with E-state index in [4.69, 9.17) is 5.73 Å². The van der Waals surface area contributed by atoms with Crippen LogP contribution in [0.1, 0.15) is 33.6 Å². The van der Waals surface area contributed by atoms with Crippen molar-refractivity contribution < 1.29 is 4.79 Å². The van der Waals surface area contributed by atoms with E-state index in [9.17, 15) is 4.79 Å². The van der Waals surface area contributed by atoms with Gasteiger partial charge in [-0.1, -0.05) is 20.8 Å². The highest BCUT2D eigenvalue weighted by molar-refractivity contribution is 7.99. The Kier molecular flexibility index (Phi) is 4.93. The predicted molar refractivity (Wildman–Crippen MR) is 65.9 cm³/mol. The lowest BCUT2D eigenvalue weighted by atomic mass is 10.2. The molecule has 88 valence electrons. The number of amides is 1. The highest BCUT2D eigenvalue weighted by atomic mass is 32.2. The second kappa shape index (κ2) is 5.75. The average molecular weight is 230 g/mol. The van der Waals surface area contributed by atoms with Gasteiger partial charge in [0, 0.05) is 17.0 Å². The summed E-state index contributed by atoms with van der Waals surface area (Å²) in [4.78, 5) is 11.2. The Morgan fingerprint density at radius 3 is 2.47 bits per heavy atom. The van der Waals surface area contributed by atoms with Crippen molar-refractivity contribution in [2.24, 2.45) is 11.7 Å². The molecule has 0 bridgehead atoms. The van der Waals surface area contributed by atoms with Crippen molar-refractivity contribution in [1.82, 2.24) is 5.32 Å². The number of primary amides is 1. The van der Waals surface area contributed by atoms with Gasteiger partial charge in [-0.25, -0.2) is 0 Å². The molecule has 2 unspecified atom stereocenters. The molecule has 0 saturated heterocycles. The lowest BCUT2D eigenvalue weighted by Crippen LogP contribution is -2.44. The van der Waals surface area contributed by atoms with Crippen LogP contribution in [-0.4, -0.2) is 29.0 Å². The van der Waals surface area contributed by atoms with E-state index in [1.54, 1.807) is 0 Å². The third-order valence-electron chi connectivity index (χ3n) is 2.82. The topological polar surface area (TPSA) is 55.1 Å². The number of rotatable bonds is 7. The monoisotopic (exact) mass is 230 g/mol. The van der Waals surface area contributed by atoms with Crippen molar-refractivity contribution >= 4 is 17.7 Å². The minimum atomic E-state index is -0.217. The van der Waals surface area contributed by atoms with Gasteiger partial charge in [0.2, 0.25) is 5.91 Å². The first-order valence-electron chi connectivity index (χ1n) is 5.67. The summed E-state index contributed by atoms with van der Waals surface area (Å²) >= 11 is 1.83. The van der Waals surface area contributed by atoms with Crippen LogP contribution in [-0.2, 0) is 4.79 Å². The molecule has 1 fully saturated rings. The fourth-order valence-electron chi connectivity index (χ4n) is 1.19. The number of carbonyl (C=O) groups excluding carboxylic acids is 1. The second-order valence-corrected chi connectivity index (χ2v) is 6.09. The van der Waals surface area contributed by atoms with E-state index in [0.29, 0.717) is 17.2 Å². The minimum absolute atomic E-state index is 0.149. The summed E-state index contributed by atoms with van der Waals surface area (Å²) in [5.41, 5.74) is 5.36. The molecule has 0 aromatic heterocycles. The Hall–Kier alpha value is -0.220. The van der Waals surface area contributed by atoms with E-state index in [2.05, 4.69) is 26.1 Å². The van der Waals surface area contributed by atoms with E-state index in [1.165, 1.54) is 12.8 Å².